The predicted octanol–water partition coefficient (Wildman–Crippen LogP) is 4.67. The van der Waals surface area contributed by atoms with Gasteiger partial charge in [-0.25, -0.2) is 4.39 Å². The lowest BCUT2D eigenvalue weighted by Gasteiger charge is -2.60. The Morgan fingerprint density at radius 3 is 2.67 bits per heavy atom. The van der Waals surface area contributed by atoms with Gasteiger partial charge >= 0.3 is 0 Å². The average molecular weight is 332 g/mol. The molecule has 0 aromatic carbocycles. The third kappa shape index (κ3) is 2.05. The van der Waals surface area contributed by atoms with E-state index in [1.54, 1.807) is 6.92 Å². The summed E-state index contributed by atoms with van der Waals surface area (Å²) in [6.07, 6.45) is 6.85. The van der Waals surface area contributed by atoms with Crippen LogP contribution in [0, 0.1) is 34.5 Å². The van der Waals surface area contributed by atoms with Crippen molar-refractivity contribution in [3.63, 3.8) is 0 Å². The van der Waals surface area contributed by atoms with Gasteiger partial charge < -0.3 is 0 Å². The number of alkyl halides is 1. The molecule has 0 aromatic heterocycles. The molecule has 7 atom stereocenters. The number of halogens is 1. The summed E-state index contributed by atoms with van der Waals surface area (Å²) in [5.41, 5.74) is 0.907. The molecule has 4 rings (SSSR count). The molecule has 0 N–H and O–H groups in total. The molecule has 3 fully saturated rings. The van der Waals surface area contributed by atoms with Crippen molar-refractivity contribution in [2.75, 3.05) is 0 Å². The Kier molecular flexibility index (Phi) is 3.61. The van der Waals surface area contributed by atoms with Crippen molar-refractivity contribution in [2.24, 2.45) is 34.5 Å². The van der Waals surface area contributed by atoms with E-state index in [-0.39, 0.29) is 28.3 Å². The van der Waals surface area contributed by atoms with Crippen molar-refractivity contribution in [3.8, 4) is 0 Å². The molecule has 3 heteroatoms. The summed E-state index contributed by atoms with van der Waals surface area (Å²) in [5.74, 6) is 1.65. The maximum absolute atomic E-state index is 15.1. The fourth-order valence-corrected chi connectivity index (χ4v) is 7.15. The van der Waals surface area contributed by atoms with Gasteiger partial charge in [-0.1, -0.05) is 19.9 Å². The van der Waals surface area contributed by atoms with Crippen LogP contribution in [0.4, 0.5) is 4.39 Å². The molecule has 0 aliphatic heterocycles. The summed E-state index contributed by atoms with van der Waals surface area (Å²) in [4.78, 5) is 24.0. The van der Waals surface area contributed by atoms with Crippen LogP contribution in [0.2, 0.25) is 0 Å². The van der Waals surface area contributed by atoms with Gasteiger partial charge in [0, 0.05) is 18.8 Å². The second-order valence-electron chi connectivity index (χ2n) is 9.35. The first-order valence-corrected chi connectivity index (χ1v) is 9.64. The van der Waals surface area contributed by atoms with Crippen molar-refractivity contribution in [2.45, 2.75) is 71.9 Å². The summed E-state index contributed by atoms with van der Waals surface area (Å²) < 4.78 is 15.1. The van der Waals surface area contributed by atoms with Crippen LogP contribution < -0.4 is 0 Å². The number of allylic oxidation sites excluding steroid dienone is 2. The standard InChI is InChI=1S/C21H29FO2/c1-12(23)15-4-5-16-14-11-19(22)18-10-13(24)6-8-21(18,3)17(14)7-9-20(15,16)2/h4,14,16-19H,5-11H2,1-3H3/t14-,16-,17-,18?,19-,20+,21+/m0/s1. The highest BCUT2D eigenvalue weighted by Crippen LogP contribution is 2.66. The van der Waals surface area contributed by atoms with Crippen molar-refractivity contribution in [1.82, 2.24) is 0 Å². The van der Waals surface area contributed by atoms with Gasteiger partial charge in [-0.2, -0.15) is 0 Å². The highest BCUT2D eigenvalue weighted by molar-refractivity contribution is 5.95. The second kappa shape index (κ2) is 5.25. The summed E-state index contributed by atoms with van der Waals surface area (Å²) in [6, 6.07) is 0. The molecule has 1 unspecified atom stereocenters. The average Bonchev–Trinajstić information content (AvgIpc) is 2.87. The van der Waals surface area contributed by atoms with Crippen LogP contribution >= 0.6 is 0 Å². The third-order valence-corrected chi connectivity index (χ3v) is 8.42. The zero-order valence-corrected chi connectivity index (χ0v) is 15.1. The number of carbonyl (C=O) groups excluding carboxylic acids is 2. The third-order valence-electron chi connectivity index (χ3n) is 8.42. The van der Waals surface area contributed by atoms with E-state index in [2.05, 4.69) is 19.9 Å². The minimum absolute atomic E-state index is 0.0312. The van der Waals surface area contributed by atoms with Crippen LogP contribution in [0.3, 0.4) is 0 Å². The van der Waals surface area contributed by atoms with E-state index in [1.165, 1.54) is 0 Å². The van der Waals surface area contributed by atoms with Gasteiger partial charge in [0.25, 0.3) is 0 Å². The smallest absolute Gasteiger partial charge is 0.156 e. The molecule has 4 aliphatic rings. The molecule has 0 radical (unpaired) electrons. The van der Waals surface area contributed by atoms with Gasteiger partial charge in [-0.15, -0.1) is 0 Å². The van der Waals surface area contributed by atoms with Crippen molar-refractivity contribution < 1.29 is 14.0 Å². The normalized spacial score (nSPS) is 50.6. The number of hydrogen-bond donors (Lipinski definition) is 0. The van der Waals surface area contributed by atoms with E-state index in [0.717, 1.165) is 31.3 Å². The van der Waals surface area contributed by atoms with Crippen LogP contribution in [-0.2, 0) is 9.59 Å². The van der Waals surface area contributed by atoms with E-state index < -0.39 is 6.17 Å². The van der Waals surface area contributed by atoms with Crippen molar-refractivity contribution >= 4 is 11.6 Å². The van der Waals surface area contributed by atoms with Crippen LogP contribution in [0.15, 0.2) is 11.6 Å². The molecule has 0 spiro atoms. The molecular formula is C21H29FO2. The number of rotatable bonds is 1. The van der Waals surface area contributed by atoms with Crippen molar-refractivity contribution in [1.29, 1.82) is 0 Å². The summed E-state index contributed by atoms with van der Waals surface area (Å²) in [5, 5.41) is 0. The van der Waals surface area contributed by atoms with Crippen LogP contribution in [0.5, 0.6) is 0 Å². The number of ketones is 2. The highest BCUT2D eigenvalue weighted by atomic mass is 19.1. The summed E-state index contributed by atoms with van der Waals surface area (Å²) in [7, 11) is 0. The lowest BCUT2D eigenvalue weighted by molar-refractivity contribution is -0.150. The lowest BCUT2D eigenvalue weighted by Crippen LogP contribution is -2.57. The molecule has 0 bridgehead atoms. The monoisotopic (exact) mass is 332 g/mol. The van der Waals surface area contributed by atoms with Crippen LogP contribution in [0.1, 0.15) is 65.7 Å². The van der Waals surface area contributed by atoms with E-state index in [0.29, 0.717) is 37.0 Å². The molecule has 0 amide bonds. The minimum atomic E-state index is -0.857. The summed E-state index contributed by atoms with van der Waals surface area (Å²) in [6.45, 7) is 6.17. The summed E-state index contributed by atoms with van der Waals surface area (Å²) >= 11 is 0. The topological polar surface area (TPSA) is 34.1 Å². The van der Waals surface area contributed by atoms with E-state index in [1.807, 2.05) is 0 Å². The molecule has 0 aromatic rings. The van der Waals surface area contributed by atoms with Crippen LogP contribution in [0.25, 0.3) is 0 Å². The molecule has 2 nitrogen and oxygen atoms in total. The van der Waals surface area contributed by atoms with Gasteiger partial charge in [0.05, 0.1) is 0 Å². The Morgan fingerprint density at radius 1 is 1.21 bits per heavy atom. The number of hydrogen-bond acceptors (Lipinski definition) is 2. The minimum Gasteiger partial charge on any atom is -0.300 e. The van der Waals surface area contributed by atoms with Gasteiger partial charge in [-0.05, 0) is 73.2 Å². The van der Waals surface area contributed by atoms with Gasteiger partial charge in [0.2, 0.25) is 0 Å². The molecule has 4 aliphatic carbocycles. The van der Waals surface area contributed by atoms with Crippen LogP contribution in [-0.4, -0.2) is 17.7 Å². The Labute approximate surface area is 144 Å². The Morgan fingerprint density at radius 2 is 1.96 bits per heavy atom. The first-order chi connectivity index (χ1) is 11.3. The maximum atomic E-state index is 15.1. The van der Waals surface area contributed by atoms with E-state index in [4.69, 9.17) is 0 Å². The number of fused-ring (bicyclic) bond motifs is 5. The molecule has 24 heavy (non-hydrogen) atoms. The molecule has 132 valence electrons. The first kappa shape index (κ1) is 16.5. The van der Waals surface area contributed by atoms with Gasteiger partial charge in [0.1, 0.15) is 12.0 Å². The molecule has 0 saturated heterocycles. The fourth-order valence-electron chi connectivity index (χ4n) is 7.15. The van der Waals surface area contributed by atoms with E-state index >= 15 is 4.39 Å². The number of Topliss-reactive ketones (excluding diaryl/α,β-unsaturated/α-hetero) is 2. The largest absolute Gasteiger partial charge is 0.300 e. The second-order valence-corrected chi connectivity index (χ2v) is 9.35. The number of carbonyl (C=O) groups is 2. The van der Waals surface area contributed by atoms with Gasteiger partial charge in [-0.3, -0.25) is 9.59 Å². The molecule has 3 saturated carbocycles. The SMILES string of the molecule is CC(=O)C1=CC[C@H]2[C@@H]3C[C@H](F)C4CC(=O)CC[C@]4(C)[C@H]3CC[C@]12C. The predicted molar refractivity (Wildman–Crippen MR) is 91.2 cm³/mol. The Balaban J connectivity index is 1.67. The first-order valence-electron chi connectivity index (χ1n) is 9.64. The zero-order chi connectivity index (χ0) is 17.3. The zero-order valence-electron chi connectivity index (χ0n) is 15.1. The fraction of sp³-hybridized carbons (Fsp3) is 0.810. The maximum Gasteiger partial charge on any atom is 0.156 e. The highest BCUT2D eigenvalue weighted by Gasteiger charge is 2.61. The Hall–Kier alpha value is -0.990. The Bertz CT molecular complexity index is 623. The lowest BCUT2D eigenvalue weighted by atomic mass is 9.44. The van der Waals surface area contributed by atoms with Crippen molar-refractivity contribution in [3.05, 3.63) is 11.6 Å². The molecular weight excluding hydrogens is 303 g/mol. The molecule has 0 heterocycles. The van der Waals surface area contributed by atoms with E-state index in [9.17, 15) is 9.59 Å². The quantitative estimate of drug-likeness (QED) is 0.699. The van der Waals surface area contributed by atoms with Gasteiger partial charge in [0.15, 0.2) is 5.78 Å².